The van der Waals surface area contributed by atoms with E-state index in [-0.39, 0.29) is 0 Å². The van der Waals surface area contributed by atoms with Crippen molar-refractivity contribution in [1.29, 1.82) is 0 Å². The van der Waals surface area contributed by atoms with E-state index in [0.29, 0.717) is 12.8 Å². The summed E-state index contributed by atoms with van der Waals surface area (Å²) in [6, 6.07) is 0. The van der Waals surface area contributed by atoms with Crippen molar-refractivity contribution in [3.63, 3.8) is 0 Å². The van der Waals surface area contributed by atoms with Crippen LogP contribution in [0.5, 0.6) is 0 Å². The lowest BCUT2D eigenvalue weighted by molar-refractivity contribution is 0.0968. The SMILES string of the molecule is CCCCCCC[C@](C)(O)C#C[C@@](C)(O)CCCCCCC. The average molecular weight is 311 g/mol. The fourth-order valence-electron chi connectivity index (χ4n) is 2.54. The molecular weight excluding hydrogens is 272 g/mol. The van der Waals surface area contributed by atoms with Crippen molar-refractivity contribution in [3.8, 4) is 11.8 Å². The van der Waals surface area contributed by atoms with E-state index in [2.05, 4.69) is 25.7 Å². The van der Waals surface area contributed by atoms with Crippen molar-refractivity contribution in [2.75, 3.05) is 0 Å². The zero-order valence-electron chi connectivity index (χ0n) is 15.4. The summed E-state index contributed by atoms with van der Waals surface area (Å²) in [5.41, 5.74) is -1.95. The third-order valence-electron chi connectivity index (χ3n) is 4.14. The maximum absolute atomic E-state index is 10.3. The van der Waals surface area contributed by atoms with Gasteiger partial charge in [-0.3, -0.25) is 0 Å². The van der Waals surface area contributed by atoms with Gasteiger partial charge in [0.05, 0.1) is 0 Å². The highest BCUT2D eigenvalue weighted by molar-refractivity contribution is 5.19. The zero-order valence-corrected chi connectivity index (χ0v) is 15.4. The Kier molecular flexibility index (Phi) is 11.7. The van der Waals surface area contributed by atoms with Crippen LogP contribution in [0.3, 0.4) is 0 Å². The molecule has 0 aromatic carbocycles. The van der Waals surface area contributed by atoms with E-state index in [0.717, 1.165) is 25.7 Å². The number of rotatable bonds is 12. The first-order valence-corrected chi connectivity index (χ1v) is 9.32. The van der Waals surface area contributed by atoms with Gasteiger partial charge < -0.3 is 10.2 Å². The van der Waals surface area contributed by atoms with Gasteiger partial charge in [-0.25, -0.2) is 0 Å². The third-order valence-corrected chi connectivity index (χ3v) is 4.14. The topological polar surface area (TPSA) is 40.5 Å². The molecule has 0 unspecified atom stereocenters. The van der Waals surface area contributed by atoms with Crippen molar-refractivity contribution >= 4 is 0 Å². The summed E-state index contributed by atoms with van der Waals surface area (Å²) in [4.78, 5) is 0. The molecule has 0 aromatic rings. The van der Waals surface area contributed by atoms with Crippen molar-refractivity contribution in [2.45, 2.75) is 116 Å². The molecule has 0 saturated carbocycles. The van der Waals surface area contributed by atoms with Crippen LogP contribution in [-0.2, 0) is 0 Å². The highest BCUT2D eigenvalue weighted by atomic mass is 16.3. The zero-order chi connectivity index (χ0) is 16.9. The van der Waals surface area contributed by atoms with Gasteiger partial charge in [0, 0.05) is 0 Å². The highest BCUT2D eigenvalue weighted by Crippen LogP contribution is 2.18. The molecule has 2 heteroatoms. The smallest absolute Gasteiger partial charge is 0.122 e. The number of unbranched alkanes of at least 4 members (excludes halogenated alkanes) is 8. The molecule has 0 fully saturated rings. The van der Waals surface area contributed by atoms with E-state index >= 15 is 0 Å². The second kappa shape index (κ2) is 12.0. The minimum absolute atomic E-state index is 0.691. The molecule has 2 nitrogen and oxygen atoms in total. The molecule has 0 radical (unpaired) electrons. The molecule has 0 rings (SSSR count). The molecule has 0 aromatic heterocycles. The van der Waals surface area contributed by atoms with E-state index < -0.39 is 11.2 Å². The quantitative estimate of drug-likeness (QED) is 0.383. The molecular formula is C20H38O2. The predicted octanol–water partition coefficient (Wildman–Crippen LogP) is 5.21. The molecule has 2 N–H and O–H groups in total. The van der Waals surface area contributed by atoms with Gasteiger partial charge >= 0.3 is 0 Å². The molecule has 0 bridgehead atoms. The normalized spacial score (nSPS) is 16.5. The Hall–Kier alpha value is -0.520. The van der Waals surface area contributed by atoms with E-state index in [1.165, 1.54) is 38.5 Å². The van der Waals surface area contributed by atoms with E-state index in [1.54, 1.807) is 13.8 Å². The second-order valence-electron chi connectivity index (χ2n) is 7.13. The van der Waals surface area contributed by atoms with Gasteiger partial charge in [-0.05, 0) is 39.5 Å². The largest absolute Gasteiger partial charge is 0.378 e. The van der Waals surface area contributed by atoms with Crippen LogP contribution in [0.2, 0.25) is 0 Å². The van der Waals surface area contributed by atoms with E-state index in [4.69, 9.17) is 0 Å². The van der Waals surface area contributed by atoms with Crippen molar-refractivity contribution < 1.29 is 10.2 Å². The molecule has 0 aliphatic rings. The lowest BCUT2D eigenvalue weighted by atomic mass is 9.94. The lowest BCUT2D eigenvalue weighted by Gasteiger charge is -2.20. The van der Waals surface area contributed by atoms with E-state index in [1.807, 2.05) is 0 Å². The molecule has 0 aliphatic carbocycles. The van der Waals surface area contributed by atoms with Crippen LogP contribution in [0.25, 0.3) is 0 Å². The Balaban J connectivity index is 4.07. The molecule has 0 amide bonds. The molecule has 0 spiro atoms. The first-order chi connectivity index (χ1) is 10.3. The Morgan fingerprint density at radius 2 is 0.909 bits per heavy atom. The second-order valence-corrected chi connectivity index (χ2v) is 7.13. The Labute approximate surface area is 138 Å². The first kappa shape index (κ1) is 21.5. The molecule has 130 valence electrons. The van der Waals surface area contributed by atoms with Crippen LogP contribution in [0.4, 0.5) is 0 Å². The summed E-state index contributed by atoms with van der Waals surface area (Å²) < 4.78 is 0. The van der Waals surface area contributed by atoms with Gasteiger partial charge in [0.1, 0.15) is 11.2 Å². The van der Waals surface area contributed by atoms with Crippen LogP contribution < -0.4 is 0 Å². The minimum atomic E-state index is -0.974. The number of aliphatic hydroxyl groups is 2. The molecule has 0 saturated heterocycles. The Morgan fingerprint density at radius 3 is 1.23 bits per heavy atom. The monoisotopic (exact) mass is 310 g/mol. The van der Waals surface area contributed by atoms with Gasteiger partial charge in [-0.1, -0.05) is 77.1 Å². The van der Waals surface area contributed by atoms with Gasteiger partial charge in [0.2, 0.25) is 0 Å². The fraction of sp³-hybridized carbons (Fsp3) is 0.900. The number of hydrogen-bond donors (Lipinski definition) is 2. The summed E-state index contributed by atoms with van der Waals surface area (Å²) in [7, 11) is 0. The first-order valence-electron chi connectivity index (χ1n) is 9.32. The van der Waals surface area contributed by atoms with E-state index in [9.17, 15) is 10.2 Å². The molecule has 0 heterocycles. The lowest BCUT2D eigenvalue weighted by Crippen LogP contribution is -2.26. The predicted molar refractivity (Wildman–Crippen MR) is 95.8 cm³/mol. The summed E-state index contributed by atoms with van der Waals surface area (Å²) in [5.74, 6) is 5.80. The van der Waals surface area contributed by atoms with Crippen LogP contribution in [0.1, 0.15) is 105 Å². The van der Waals surface area contributed by atoms with Crippen molar-refractivity contribution in [2.24, 2.45) is 0 Å². The van der Waals surface area contributed by atoms with Gasteiger partial charge in [0.15, 0.2) is 0 Å². The maximum atomic E-state index is 10.3. The average Bonchev–Trinajstić information content (AvgIpc) is 2.45. The fourth-order valence-corrected chi connectivity index (χ4v) is 2.54. The Bertz CT molecular complexity index is 290. The summed E-state index contributed by atoms with van der Waals surface area (Å²) in [5, 5.41) is 20.6. The Morgan fingerprint density at radius 1 is 0.591 bits per heavy atom. The third kappa shape index (κ3) is 13.2. The molecule has 2 atom stereocenters. The number of hydrogen-bond acceptors (Lipinski definition) is 2. The van der Waals surface area contributed by atoms with Crippen molar-refractivity contribution in [1.82, 2.24) is 0 Å². The van der Waals surface area contributed by atoms with Crippen molar-refractivity contribution in [3.05, 3.63) is 0 Å². The van der Waals surface area contributed by atoms with Gasteiger partial charge in [0.25, 0.3) is 0 Å². The summed E-state index contributed by atoms with van der Waals surface area (Å²) >= 11 is 0. The molecule has 22 heavy (non-hydrogen) atoms. The van der Waals surface area contributed by atoms with Crippen LogP contribution in [0, 0.1) is 11.8 Å². The maximum Gasteiger partial charge on any atom is 0.122 e. The summed E-state index contributed by atoms with van der Waals surface area (Å²) in [6.07, 6.45) is 13.1. The summed E-state index contributed by atoms with van der Waals surface area (Å²) in [6.45, 7) is 7.92. The van der Waals surface area contributed by atoms with Crippen LogP contribution in [-0.4, -0.2) is 21.4 Å². The molecule has 0 aliphatic heterocycles. The highest BCUT2D eigenvalue weighted by Gasteiger charge is 2.20. The van der Waals surface area contributed by atoms with Gasteiger partial charge in [-0.2, -0.15) is 0 Å². The minimum Gasteiger partial charge on any atom is -0.378 e. The van der Waals surface area contributed by atoms with Crippen LogP contribution >= 0.6 is 0 Å². The van der Waals surface area contributed by atoms with Gasteiger partial charge in [-0.15, -0.1) is 0 Å². The van der Waals surface area contributed by atoms with Crippen LogP contribution in [0.15, 0.2) is 0 Å². The standard InChI is InChI=1S/C20H38O2/c1-5-7-9-11-13-15-19(3,21)17-18-20(4,22)16-14-12-10-8-6-2/h21-22H,5-16H2,1-4H3/t19-,20-/m0/s1.